The molecule has 2 aliphatic rings. The van der Waals surface area contributed by atoms with E-state index in [0.717, 1.165) is 25.7 Å². The van der Waals surface area contributed by atoms with E-state index in [0.29, 0.717) is 6.42 Å². The van der Waals surface area contributed by atoms with E-state index in [9.17, 15) is 9.59 Å². The maximum absolute atomic E-state index is 12.0. The Bertz CT molecular complexity index is 338. The van der Waals surface area contributed by atoms with Crippen LogP contribution >= 0.6 is 0 Å². The Morgan fingerprint density at radius 1 is 0.800 bits per heavy atom. The van der Waals surface area contributed by atoms with Crippen LogP contribution in [-0.2, 0) is 4.79 Å². The van der Waals surface area contributed by atoms with Crippen LogP contribution in [0, 0.1) is 5.92 Å². The van der Waals surface area contributed by atoms with Gasteiger partial charge in [-0.25, -0.2) is 4.79 Å². The first-order chi connectivity index (χ1) is 9.66. The zero-order valence-corrected chi connectivity index (χ0v) is 12.1. The third-order valence-electron chi connectivity index (χ3n) is 4.59. The lowest BCUT2D eigenvalue weighted by Gasteiger charge is -2.23. The average Bonchev–Trinajstić information content (AvgIpc) is 2.80. The van der Waals surface area contributed by atoms with Crippen molar-refractivity contribution in [2.24, 2.45) is 5.92 Å². The number of carbonyl (C=O) groups is 2. The van der Waals surface area contributed by atoms with Gasteiger partial charge >= 0.3 is 12.0 Å². The summed E-state index contributed by atoms with van der Waals surface area (Å²) < 4.78 is 0. The van der Waals surface area contributed by atoms with Crippen LogP contribution < -0.4 is 10.6 Å². The van der Waals surface area contributed by atoms with Gasteiger partial charge in [-0.1, -0.05) is 38.5 Å². The maximum Gasteiger partial charge on any atom is 0.315 e. The van der Waals surface area contributed by atoms with Crippen molar-refractivity contribution in [1.29, 1.82) is 0 Å². The van der Waals surface area contributed by atoms with Crippen molar-refractivity contribution in [2.45, 2.75) is 76.3 Å². The molecule has 0 heterocycles. The summed E-state index contributed by atoms with van der Waals surface area (Å²) >= 11 is 0. The number of hydrogen-bond acceptors (Lipinski definition) is 2. The molecular weight excluding hydrogens is 256 g/mol. The van der Waals surface area contributed by atoms with Gasteiger partial charge in [0.25, 0.3) is 0 Å². The number of carbonyl (C=O) groups excluding carboxylic acids is 1. The van der Waals surface area contributed by atoms with Crippen LogP contribution in [0.4, 0.5) is 4.79 Å². The van der Waals surface area contributed by atoms with Crippen LogP contribution in [0.15, 0.2) is 0 Å². The summed E-state index contributed by atoms with van der Waals surface area (Å²) in [5.41, 5.74) is 0. The number of amides is 2. The summed E-state index contributed by atoms with van der Waals surface area (Å²) in [6.45, 7) is 0. The minimum absolute atomic E-state index is 0.186. The Kier molecular flexibility index (Phi) is 5.68. The topological polar surface area (TPSA) is 78.4 Å². The molecule has 2 aliphatic carbocycles. The van der Waals surface area contributed by atoms with Crippen LogP contribution in [-0.4, -0.2) is 29.2 Å². The van der Waals surface area contributed by atoms with E-state index in [1.165, 1.54) is 32.1 Å². The molecule has 20 heavy (non-hydrogen) atoms. The van der Waals surface area contributed by atoms with Crippen molar-refractivity contribution in [3.8, 4) is 0 Å². The first-order valence-electron chi connectivity index (χ1n) is 7.96. The van der Waals surface area contributed by atoms with E-state index in [2.05, 4.69) is 10.6 Å². The van der Waals surface area contributed by atoms with Gasteiger partial charge in [0.2, 0.25) is 0 Å². The SMILES string of the molecule is O=C(NC1CCCCCCC1)NC1CCCC1C(=O)O. The number of carboxylic acids is 1. The molecular formula is C15H26N2O3. The molecule has 0 aromatic rings. The predicted molar refractivity (Wildman–Crippen MR) is 76.5 cm³/mol. The molecule has 2 atom stereocenters. The van der Waals surface area contributed by atoms with E-state index in [4.69, 9.17) is 5.11 Å². The number of urea groups is 1. The summed E-state index contributed by atoms with van der Waals surface area (Å²) in [7, 11) is 0. The zero-order chi connectivity index (χ0) is 14.4. The molecule has 2 unspecified atom stereocenters. The van der Waals surface area contributed by atoms with Crippen LogP contribution in [0.2, 0.25) is 0 Å². The third-order valence-corrected chi connectivity index (χ3v) is 4.59. The number of aliphatic carboxylic acids is 1. The quantitative estimate of drug-likeness (QED) is 0.744. The Labute approximate surface area is 120 Å². The number of carboxylic acid groups (broad SMARTS) is 1. The van der Waals surface area contributed by atoms with Crippen LogP contribution in [0.1, 0.15) is 64.2 Å². The highest BCUT2D eigenvalue weighted by Gasteiger charge is 2.34. The lowest BCUT2D eigenvalue weighted by molar-refractivity contribution is -0.142. The fourth-order valence-electron chi connectivity index (χ4n) is 3.42. The van der Waals surface area contributed by atoms with Crippen molar-refractivity contribution in [2.75, 3.05) is 0 Å². The lowest BCUT2D eigenvalue weighted by Crippen LogP contribution is -2.48. The molecule has 0 bridgehead atoms. The normalized spacial score (nSPS) is 28.4. The predicted octanol–water partition coefficient (Wildman–Crippen LogP) is 2.65. The van der Waals surface area contributed by atoms with Gasteiger partial charge < -0.3 is 15.7 Å². The summed E-state index contributed by atoms with van der Waals surface area (Å²) in [6, 6.07) is -0.144. The smallest absolute Gasteiger partial charge is 0.315 e. The summed E-state index contributed by atoms with van der Waals surface area (Å²) in [6.07, 6.45) is 10.6. The molecule has 0 aromatic carbocycles. The fraction of sp³-hybridized carbons (Fsp3) is 0.867. The van der Waals surface area contributed by atoms with Gasteiger partial charge in [-0.2, -0.15) is 0 Å². The molecule has 0 aromatic heterocycles. The fourth-order valence-corrected chi connectivity index (χ4v) is 3.42. The van der Waals surface area contributed by atoms with E-state index < -0.39 is 11.9 Å². The number of hydrogen-bond donors (Lipinski definition) is 3. The van der Waals surface area contributed by atoms with E-state index in [1.807, 2.05) is 0 Å². The second-order valence-electron chi connectivity index (χ2n) is 6.14. The van der Waals surface area contributed by atoms with Gasteiger partial charge in [-0.15, -0.1) is 0 Å². The standard InChI is InChI=1S/C15H26N2O3/c18-14(19)12-9-6-10-13(12)17-15(20)16-11-7-4-2-1-3-5-8-11/h11-13H,1-10H2,(H,18,19)(H2,16,17,20). The first kappa shape index (κ1) is 15.1. The highest BCUT2D eigenvalue weighted by Crippen LogP contribution is 2.25. The molecule has 114 valence electrons. The largest absolute Gasteiger partial charge is 0.481 e. The van der Waals surface area contributed by atoms with Crippen LogP contribution in [0.3, 0.4) is 0 Å². The molecule has 5 heteroatoms. The number of nitrogens with one attached hydrogen (secondary N) is 2. The molecule has 2 amide bonds. The molecule has 0 spiro atoms. The Morgan fingerprint density at radius 3 is 2.10 bits per heavy atom. The Morgan fingerprint density at radius 2 is 1.45 bits per heavy atom. The van der Waals surface area contributed by atoms with Gasteiger partial charge in [-0.05, 0) is 25.7 Å². The minimum atomic E-state index is -0.793. The number of rotatable bonds is 3. The van der Waals surface area contributed by atoms with Crippen LogP contribution in [0.5, 0.6) is 0 Å². The zero-order valence-electron chi connectivity index (χ0n) is 12.1. The first-order valence-corrected chi connectivity index (χ1v) is 7.96. The highest BCUT2D eigenvalue weighted by molar-refractivity contribution is 5.77. The molecule has 2 saturated carbocycles. The molecule has 2 fully saturated rings. The summed E-state index contributed by atoms with van der Waals surface area (Å²) in [5, 5.41) is 15.0. The lowest BCUT2D eigenvalue weighted by atomic mass is 9.97. The van der Waals surface area contributed by atoms with E-state index in [1.54, 1.807) is 0 Å². The van der Waals surface area contributed by atoms with E-state index >= 15 is 0 Å². The van der Waals surface area contributed by atoms with Gasteiger partial charge in [-0.3, -0.25) is 4.79 Å². The third kappa shape index (κ3) is 4.39. The summed E-state index contributed by atoms with van der Waals surface area (Å²) in [4.78, 5) is 23.1. The molecule has 2 rings (SSSR count). The molecule has 0 saturated heterocycles. The van der Waals surface area contributed by atoms with Crippen LogP contribution in [0.25, 0.3) is 0 Å². The molecule has 0 aliphatic heterocycles. The van der Waals surface area contributed by atoms with Crippen molar-refractivity contribution in [3.05, 3.63) is 0 Å². The molecule has 0 radical (unpaired) electrons. The summed E-state index contributed by atoms with van der Waals surface area (Å²) in [5.74, 6) is -1.21. The average molecular weight is 282 g/mol. The van der Waals surface area contributed by atoms with Crippen molar-refractivity contribution in [3.63, 3.8) is 0 Å². The van der Waals surface area contributed by atoms with Crippen molar-refractivity contribution >= 4 is 12.0 Å². The Balaban J connectivity index is 1.77. The Hall–Kier alpha value is -1.26. The monoisotopic (exact) mass is 282 g/mol. The van der Waals surface area contributed by atoms with Gasteiger partial charge in [0, 0.05) is 12.1 Å². The van der Waals surface area contributed by atoms with Crippen molar-refractivity contribution < 1.29 is 14.7 Å². The van der Waals surface area contributed by atoms with Crippen molar-refractivity contribution in [1.82, 2.24) is 10.6 Å². The van der Waals surface area contributed by atoms with Gasteiger partial charge in [0.05, 0.1) is 5.92 Å². The molecule has 3 N–H and O–H groups in total. The van der Waals surface area contributed by atoms with E-state index in [-0.39, 0.29) is 18.1 Å². The minimum Gasteiger partial charge on any atom is -0.481 e. The van der Waals surface area contributed by atoms with Gasteiger partial charge in [0.15, 0.2) is 0 Å². The second kappa shape index (κ2) is 7.50. The van der Waals surface area contributed by atoms with Gasteiger partial charge in [0.1, 0.15) is 0 Å². The highest BCUT2D eigenvalue weighted by atomic mass is 16.4. The second-order valence-corrected chi connectivity index (χ2v) is 6.14. The maximum atomic E-state index is 12.0. The molecule has 5 nitrogen and oxygen atoms in total.